The zero-order chi connectivity index (χ0) is 19.2. The van der Waals surface area contributed by atoms with Gasteiger partial charge < -0.3 is 19.8 Å². The van der Waals surface area contributed by atoms with Gasteiger partial charge in [-0.25, -0.2) is 4.98 Å². The van der Waals surface area contributed by atoms with E-state index in [2.05, 4.69) is 4.98 Å². The number of nitro benzene ring substituents is 1. The molecule has 0 aliphatic carbocycles. The highest BCUT2D eigenvalue weighted by Crippen LogP contribution is 2.40. The Morgan fingerprint density at radius 3 is 2.62 bits per heavy atom. The summed E-state index contributed by atoms with van der Waals surface area (Å²) in [4.78, 5) is 14.3. The van der Waals surface area contributed by atoms with Crippen LogP contribution in [0.3, 0.4) is 0 Å². The average Bonchev–Trinajstić information content (AvgIpc) is 3.04. The molecule has 2 heterocycles. The fourth-order valence-corrected chi connectivity index (χ4v) is 2.90. The van der Waals surface area contributed by atoms with Gasteiger partial charge in [0.25, 0.3) is 5.15 Å². The number of oxazole rings is 1. The fraction of sp³-hybridized carbons (Fsp3) is 0.125. The average molecular weight is 378 g/mol. The molecule has 0 unspecified atom stereocenters. The van der Waals surface area contributed by atoms with Crippen LogP contribution in [0.2, 0.25) is 5.15 Å². The lowest BCUT2D eigenvalue weighted by molar-refractivity contribution is -0.609. The second-order valence-corrected chi connectivity index (χ2v) is 5.95. The van der Waals surface area contributed by atoms with Gasteiger partial charge in [-0.05, 0) is 30.2 Å². The number of phenolic OH excluding ortho intramolecular Hbond substituents is 2. The number of pyridine rings is 1. The lowest BCUT2D eigenvalue weighted by atomic mass is 10.1. The van der Waals surface area contributed by atoms with Gasteiger partial charge >= 0.3 is 5.69 Å². The van der Waals surface area contributed by atoms with Gasteiger partial charge in [-0.3, -0.25) is 10.1 Å². The van der Waals surface area contributed by atoms with Crippen molar-refractivity contribution < 1.29 is 24.3 Å². The highest BCUT2D eigenvalue weighted by molar-refractivity contribution is 6.31. The van der Waals surface area contributed by atoms with Crippen molar-refractivity contribution in [2.75, 3.05) is 0 Å². The summed E-state index contributed by atoms with van der Waals surface area (Å²) < 4.78 is 5.90. The molecule has 26 heavy (non-hydrogen) atoms. The minimum absolute atomic E-state index is 0.0438. The smallest absolute Gasteiger partial charge is 0.315 e. The highest BCUT2D eigenvalue weighted by atomic mass is 35.5. The summed E-state index contributed by atoms with van der Waals surface area (Å²) in [5.41, 5.74) is 0.988. The zero-order valence-electron chi connectivity index (χ0n) is 13.6. The Hall–Kier alpha value is -3.33. The van der Waals surface area contributed by atoms with Gasteiger partial charge in [-0.2, -0.15) is 4.73 Å². The van der Waals surface area contributed by atoms with Crippen LogP contribution in [-0.2, 0) is 0 Å². The quantitative estimate of drug-likeness (QED) is 0.178. The van der Waals surface area contributed by atoms with Gasteiger partial charge in [0, 0.05) is 24.6 Å². The predicted octanol–water partition coefficient (Wildman–Crippen LogP) is 3.23. The molecule has 0 saturated carbocycles. The van der Waals surface area contributed by atoms with Crippen LogP contribution in [0.5, 0.6) is 11.5 Å². The Kier molecular flexibility index (Phi) is 4.17. The van der Waals surface area contributed by atoms with Crippen molar-refractivity contribution in [2.45, 2.75) is 13.8 Å². The summed E-state index contributed by atoms with van der Waals surface area (Å²) in [6, 6.07) is 3.78. The Morgan fingerprint density at radius 2 is 1.96 bits per heavy atom. The summed E-state index contributed by atoms with van der Waals surface area (Å²) in [6.45, 7) is 3.34. The van der Waals surface area contributed by atoms with Crippen LogP contribution in [0.15, 0.2) is 28.9 Å². The van der Waals surface area contributed by atoms with Crippen molar-refractivity contribution in [3.05, 3.63) is 56.2 Å². The second-order valence-electron chi connectivity index (χ2n) is 5.59. The fourth-order valence-electron chi connectivity index (χ4n) is 2.53. The molecule has 0 aliphatic rings. The first-order chi connectivity index (χ1) is 12.2. The maximum Gasteiger partial charge on any atom is 0.315 e. The SMILES string of the molecule is Cc1cc(C)[n+]([O-])c(Cl)c1-c1nc(-c2cc(O)c(O)c([N+](=O)[O-])c2)co1. The second kappa shape index (κ2) is 6.19. The van der Waals surface area contributed by atoms with Crippen molar-refractivity contribution in [1.82, 2.24) is 4.98 Å². The number of halogens is 1. The maximum absolute atomic E-state index is 12.0. The molecule has 0 fully saturated rings. The molecule has 1 aromatic carbocycles. The molecule has 134 valence electrons. The molecule has 0 bridgehead atoms. The molecule has 2 N–H and O–H groups in total. The van der Waals surface area contributed by atoms with E-state index >= 15 is 0 Å². The van der Waals surface area contributed by atoms with E-state index in [0.717, 1.165) is 12.1 Å². The number of phenols is 2. The summed E-state index contributed by atoms with van der Waals surface area (Å²) in [7, 11) is 0. The molecule has 3 aromatic rings. The van der Waals surface area contributed by atoms with Crippen LogP contribution in [-0.4, -0.2) is 20.1 Å². The first-order valence-corrected chi connectivity index (χ1v) is 7.64. The first kappa shape index (κ1) is 17.5. The predicted molar refractivity (Wildman–Crippen MR) is 90.8 cm³/mol. The third kappa shape index (κ3) is 2.78. The van der Waals surface area contributed by atoms with E-state index in [4.69, 9.17) is 16.0 Å². The van der Waals surface area contributed by atoms with Crippen LogP contribution in [0.25, 0.3) is 22.7 Å². The summed E-state index contributed by atoms with van der Waals surface area (Å²) in [5, 5.41) is 42.1. The van der Waals surface area contributed by atoms with E-state index in [1.165, 1.54) is 6.26 Å². The Morgan fingerprint density at radius 1 is 1.27 bits per heavy atom. The Balaban J connectivity index is 2.13. The lowest BCUT2D eigenvalue weighted by Crippen LogP contribution is -2.32. The minimum atomic E-state index is -0.840. The van der Waals surface area contributed by atoms with Crippen LogP contribution < -0.4 is 4.73 Å². The number of nitro groups is 1. The molecular weight excluding hydrogens is 366 g/mol. The molecule has 3 rings (SSSR count). The van der Waals surface area contributed by atoms with Crippen molar-refractivity contribution >= 4 is 17.3 Å². The van der Waals surface area contributed by atoms with Crippen molar-refractivity contribution in [3.8, 4) is 34.2 Å². The number of nitrogens with zero attached hydrogens (tertiary/aromatic N) is 3. The van der Waals surface area contributed by atoms with E-state index in [0.29, 0.717) is 16.0 Å². The summed E-state index contributed by atoms with van der Waals surface area (Å²) in [6.07, 6.45) is 1.20. The molecule has 10 heteroatoms. The van der Waals surface area contributed by atoms with Crippen LogP contribution in [0.1, 0.15) is 11.3 Å². The van der Waals surface area contributed by atoms with Crippen LogP contribution in [0, 0.1) is 29.2 Å². The standard InChI is InChI=1S/C16H12ClN3O6/c1-7-3-8(2)19(23)15(17)13(7)16-18-10(6-26-16)9-4-11(20(24)25)14(22)12(21)5-9/h3-6,21-22H,1-2H3. The van der Waals surface area contributed by atoms with Crippen LogP contribution in [0.4, 0.5) is 5.69 Å². The van der Waals surface area contributed by atoms with Crippen molar-refractivity contribution in [1.29, 1.82) is 0 Å². The maximum atomic E-state index is 12.0. The third-order valence-corrected chi connectivity index (χ3v) is 4.15. The molecule has 0 saturated heterocycles. The van der Waals surface area contributed by atoms with Gasteiger partial charge in [-0.15, -0.1) is 0 Å². The van der Waals surface area contributed by atoms with Gasteiger partial charge in [-0.1, -0.05) is 0 Å². The van der Waals surface area contributed by atoms with E-state index in [1.54, 1.807) is 19.9 Å². The Bertz CT molecular complexity index is 1050. The lowest BCUT2D eigenvalue weighted by Gasteiger charge is -2.08. The van der Waals surface area contributed by atoms with E-state index in [9.17, 15) is 25.5 Å². The van der Waals surface area contributed by atoms with Gasteiger partial charge in [0.05, 0.1) is 4.92 Å². The number of aromatic hydroxyl groups is 2. The van der Waals surface area contributed by atoms with Gasteiger partial charge in [0.1, 0.15) is 17.5 Å². The van der Waals surface area contributed by atoms with Gasteiger partial charge in [0.15, 0.2) is 11.4 Å². The normalized spacial score (nSPS) is 10.9. The largest absolute Gasteiger partial charge is 0.617 e. The molecule has 0 radical (unpaired) electrons. The molecule has 0 spiro atoms. The number of aryl methyl sites for hydroxylation is 2. The summed E-state index contributed by atoms with van der Waals surface area (Å²) >= 11 is 6.09. The number of benzene rings is 1. The van der Waals surface area contributed by atoms with Crippen molar-refractivity contribution in [3.63, 3.8) is 0 Å². The highest BCUT2D eigenvalue weighted by Gasteiger charge is 2.24. The van der Waals surface area contributed by atoms with E-state index in [1.807, 2.05) is 0 Å². The molecular formula is C16H12ClN3O6. The minimum Gasteiger partial charge on any atom is -0.617 e. The summed E-state index contributed by atoms with van der Waals surface area (Å²) in [5.74, 6) is -1.46. The molecule has 2 aromatic heterocycles. The van der Waals surface area contributed by atoms with Gasteiger partial charge in [0.2, 0.25) is 11.6 Å². The van der Waals surface area contributed by atoms with E-state index < -0.39 is 22.1 Å². The number of rotatable bonds is 3. The van der Waals surface area contributed by atoms with E-state index in [-0.39, 0.29) is 27.9 Å². The Labute approximate surface area is 151 Å². The zero-order valence-corrected chi connectivity index (χ0v) is 14.3. The number of hydrogen-bond acceptors (Lipinski definition) is 7. The number of hydrogen-bond donors (Lipinski definition) is 2. The molecule has 0 amide bonds. The topological polar surface area (TPSA) is 137 Å². The van der Waals surface area contributed by atoms with Crippen LogP contribution >= 0.6 is 11.6 Å². The number of aromatic nitrogens is 2. The third-order valence-electron chi connectivity index (χ3n) is 3.80. The monoisotopic (exact) mass is 377 g/mol. The molecule has 0 aliphatic heterocycles. The molecule has 0 atom stereocenters. The molecule has 9 nitrogen and oxygen atoms in total. The first-order valence-electron chi connectivity index (χ1n) is 7.26. The van der Waals surface area contributed by atoms with Crippen molar-refractivity contribution in [2.24, 2.45) is 0 Å².